The zero-order valence-electron chi connectivity index (χ0n) is 15.8. The first-order valence-corrected chi connectivity index (χ1v) is 9.08. The van der Waals surface area contributed by atoms with Gasteiger partial charge in [0.05, 0.1) is 24.6 Å². The molecule has 3 aromatic rings. The van der Waals surface area contributed by atoms with Crippen molar-refractivity contribution in [1.29, 1.82) is 0 Å². The summed E-state index contributed by atoms with van der Waals surface area (Å²) in [5.74, 6) is 2.18. The third kappa shape index (κ3) is 3.58. The fraction of sp³-hybridized carbons (Fsp3) is 0.350. The number of aromatic nitrogens is 4. The van der Waals surface area contributed by atoms with E-state index in [1.54, 1.807) is 6.20 Å². The molecular weight excluding hydrogens is 342 g/mol. The third-order valence-corrected chi connectivity index (χ3v) is 4.68. The van der Waals surface area contributed by atoms with Gasteiger partial charge in [-0.15, -0.1) is 0 Å². The molecule has 1 aliphatic heterocycles. The van der Waals surface area contributed by atoms with Crippen LogP contribution in [-0.4, -0.2) is 33.0 Å². The Morgan fingerprint density at radius 3 is 2.70 bits per heavy atom. The Kier molecular flexibility index (Phi) is 4.66. The highest BCUT2D eigenvalue weighted by atomic mass is 16.5. The second-order valence-corrected chi connectivity index (χ2v) is 6.62. The Balaban J connectivity index is 1.52. The van der Waals surface area contributed by atoms with E-state index in [0.717, 1.165) is 46.1 Å². The molecule has 0 bridgehead atoms. The molecule has 7 nitrogen and oxygen atoms in total. The summed E-state index contributed by atoms with van der Waals surface area (Å²) < 4.78 is 13.3. The van der Waals surface area contributed by atoms with Crippen molar-refractivity contribution >= 4 is 5.95 Å². The third-order valence-electron chi connectivity index (χ3n) is 4.68. The minimum absolute atomic E-state index is 0.585. The van der Waals surface area contributed by atoms with Crippen LogP contribution < -0.4 is 14.8 Å². The number of hydrogen-bond acceptors (Lipinski definition) is 6. The van der Waals surface area contributed by atoms with E-state index in [9.17, 15) is 0 Å². The van der Waals surface area contributed by atoms with Crippen LogP contribution in [0.2, 0.25) is 0 Å². The van der Waals surface area contributed by atoms with Crippen molar-refractivity contribution in [2.75, 3.05) is 18.5 Å². The lowest BCUT2D eigenvalue weighted by Gasteiger charge is -2.10. The number of benzene rings is 1. The van der Waals surface area contributed by atoms with Crippen LogP contribution in [0, 0.1) is 13.8 Å². The molecule has 2 aromatic heterocycles. The Labute approximate surface area is 158 Å². The molecule has 0 fully saturated rings. The predicted molar refractivity (Wildman–Crippen MR) is 103 cm³/mol. The lowest BCUT2D eigenvalue weighted by Crippen LogP contribution is -2.05. The van der Waals surface area contributed by atoms with Crippen molar-refractivity contribution in [1.82, 2.24) is 19.7 Å². The molecule has 140 valence electrons. The molecule has 0 unspecified atom stereocenters. The largest absolute Gasteiger partial charge is 0.490 e. The number of hydrogen-bond donors (Lipinski definition) is 1. The summed E-state index contributed by atoms with van der Waals surface area (Å²) in [7, 11) is 1.94. The molecule has 0 spiro atoms. The van der Waals surface area contributed by atoms with Gasteiger partial charge in [0.25, 0.3) is 0 Å². The van der Waals surface area contributed by atoms with Gasteiger partial charge >= 0.3 is 0 Å². The average molecular weight is 365 g/mol. The number of nitrogens with zero attached hydrogens (tertiary/aromatic N) is 4. The highest BCUT2D eigenvalue weighted by Gasteiger charge is 2.14. The minimum Gasteiger partial charge on any atom is -0.490 e. The molecule has 1 aromatic carbocycles. The topological polar surface area (TPSA) is 74.1 Å². The number of ether oxygens (including phenoxy) is 2. The number of aryl methyl sites for hydroxylation is 2. The van der Waals surface area contributed by atoms with Gasteiger partial charge in [0.2, 0.25) is 5.95 Å². The van der Waals surface area contributed by atoms with Gasteiger partial charge in [-0.3, -0.25) is 4.68 Å². The van der Waals surface area contributed by atoms with Gasteiger partial charge in [-0.2, -0.15) is 5.10 Å². The summed E-state index contributed by atoms with van der Waals surface area (Å²) in [6.45, 7) is 6.01. The van der Waals surface area contributed by atoms with Gasteiger partial charge < -0.3 is 14.8 Å². The van der Waals surface area contributed by atoms with E-state index in [1.165, 1.54) is 0 Å². The van der Waals surface area contributed by atoms with Crippen molar-refractivity contribution < 1.29 is 9.47 Å². The van der Waals surface area contributed by atoms with Crippen LogP contribution >= 0.6 is 0 Å². The van der Waals surface area contributed by atoms with E-state index in [1.807, 2.05) is 49.8 Å². The number of nitrogens with one attached hydrogen (secondary N) is 1. The van der Waals surface area contributed by atoms with Crippen molar-refractivity contribution in [3.8, 4) is 22.8 Å². The van der Waals surface area contributed by atoms with Crippen LogP contribution in [0.3, 0.4) is 0 Å². The van der Waals surface area contributed by atoms with E-state index in [2.05, 4.69) is 20.4 Å². The average Bonchev–Trinajstić information content (AvgIpc) is 2.83. The summed E-state index contributed by atoms with van der Waals surface area (Å²) >= 11 is 0. The fourth-order valence-corrected chi connectivity index (χ4v) is 3.23. The standard InChI is InChI=1S/C20H23N5O2/c1-13-19(14(2)25(3)24-13)16-7-8-21-20(23-16)22-12-15-5-6-17-18(11-15)27-10-4-9-26-17/h5-8,11H,4,9-10,12H2,1-3H3,(H,21,22,23). The molecule has 0 atom stereocenters. The van der Waals surface area contributed by atoms with Gasteiger partial charge in [-0.25, -0.2) is 9.97 Å². The Morgan fingerprint density at radius 1 is 1.11 bits per heavy atom. The summed E-state index contributed by atoms with van der Waals surface area (Å²) in [5.41, 5.74) is 5.05. The molecule has 7 heteroatoms. The van der Waals surface area contributed by atoms with Gasteiger partial charge in [0.1, 0.15) is 0 Å². The van der Waals surface area contributed by atoms with Crippen LogP contribution in [-0.2, 0) is 13.6 Å². The van der Waals surface area contributed by atoms with Gasteiger partial charge in [0.15, 0.2) is 11.5 Å². The summed E-state index contributed by atoms with van der Waals surface area (Å²) in [5, 5.41) is 7.76. The van der Waals surface area contributed by atoms with Crippen molar-refractivity contribution in [2.24, 2.45) is 7.05 Å². The highest BCUT2D eigenvalue weighted by molar-refractivity contribution is 5.65. The molecule has 0 amide bonds. The second-order valence-electron chi connectivity index (χ2n) is 6.62. The molecule has 27 heavy (non-hydrogen) atoms. The zero-order chi connectivity index (χ0) is 18.8. The summed E-state index contributed by atoms with van der Waals surface area (Å²) in [6, 6.07) is 7.90. The van der Waals surface area contributed by atoms with E-state index >= 15 is 0 Å². The molecule has 1 aliphatic rings. The second kappa shape index (κ2) is 7.26. The number of fused-ring (bicyclic) bond motifs is 1. The van der Waals surface area contributed by atoms with E-state index < -0.39 is 0 Å². The van der Waals surface area contributed by atoms with Crippen molar-refractivity contribution in [3.05, 3.63) is 47.4 Å². The Hall–Kier alpha value is -3.09. The quantitative estimate of drug-likeness (QED) is 0.765. The molecule has 0 aliphatic carbocycles. The van der Waals surface area contributed by atoms with Crippen LogP contribution in [0.15, 0.2) is 30.5 Å². The first kappa shape index (κ1) is 17.3. The summed E-state index contributed by atoms with van der Waals surface area (Å²) in [4.78, 5) is 9.01. The first-order valence-electron chi connectivity index (χ1n) is 9.08. The van der Waals surface area contributed by atoms with Crippen LogP contribution in [0.1, 0.15) is 23.4 Å². The van der Waals surface area contributed by atoms with Crippen LogP contribution in [0.5, 0.6) is 11.5 Å². The molecular formula is C20H23N5O2. The molecule has 1 N–H and O–H groups in total. The molecule has 3 heterocycles. The molecule has 4 rings (SSSR count). The SMILES string of the molecule is Cc1nn(C)c(C)c1-c1ccnc(NCc2ccc3c(c2)OCCCO3)n1. The maximum Gasteiger partial charge on any atom is 0.223 e. The number of rotatable bonds is 4. The predicted octanol–water partition coefficient (Wildman–Crippen LogP) is 3.27. The van der Waals surface area contributed by atoms with E-state index in [0.29, 0.717) is 25.7 Å². The van der Waals surface area contributed by atoms with E-state index in [4.69, 9.17) is 9.47 Å². The highest BCUT2D eigenvalue weighted by Crippen LogP contribution is 2.30. The van der Waals surface area contributed by atoms with Crippen molar-refractivity contribution in [3.63, 3.8) is 0 Å². The van der Waals surface area contributed by atoms with E-state index in [-0.39, 0.29) is 0 Å². The van der Waals surface area contributed by atoms with Gasteiger partial charge in [-0.05, 0) is 37.6 Å². The van der Waals surface area contributed by atoms with Crippen LogP contribution in [0.4, 0.5) is 5.95 Å². The Bertz CT molecular complexity index is 967. The molecule has 0 saturated carbocycles. The Morgan fingerprint density at radius 2 is 1.93 bits per heavy atom. The smallest absolute Gasteiger partial charge is 0.223 e. The minimum atomic E-state index is 0.585. The maximum absolute atomic E-state index is 5.75. The first-order chi connectivity index (χ1) is 13.1. The number of anilines is 1. The van der Waals surface area contributed by atoms with Gasteiger partial charge in [-0.1, -0.05) is 6.07 Å². The molecule has 0 radical (unpaired) electrons. The fourth-order valence-electron chi connectivity index (χ4n) is 3.23. The van der Waals surface area contributed by atoms with Gasteiger partial charge in [0, 0.05) is 37.5 Å². The van der Waals surface area contributed by atoms with Crippen molar-refractivity contribution in [2.45, 2.75) is 26.8 Å². The normalized spacial score (nSPS) is 13.3. The molecule has 0 saturated heterocycles. The lowest BCUT2D eigenvalue weighted by atomic mass is 10.1. The zero-order valence-corrected chi connectivity index (χ0v) is 15.8. The lowest BCUT2D eigenvalue weighted by molar-refractivity contribution is 0.297. The maximum atomic E-state index is 5.75. The summed E-state index contributed by atoms with van der Waals surface area (Å²) in [6.07, 6.45) is 2.67. The van der Waals surface area contributed by atoms with Crippen LogP contribution in [0.25, 0.3) is 11.3 Å². The monoisotopic (exact) mass is 365 g/mol.